The molecular weight excluding hydrogens is 307 g/mol. The number of halogens is 1. The van der Waals surface area contributed by atoms with E-state index in [1.54, 1.807) is 12.1 Å². The first kappa shape index (κ1) is 17.4. The number of carbonyl (C=O) groups is 1. The zero-order valence-corrected chi connectivity index (χ0v) is 14.1. The summed E-state index contributed by atoms with van der Waals surface area (Å²) in [7, 11) is 0. The molecule has 0 bridgehead atoms. The third-order valence-electron chi connectivity index (χ3n) is 5.34. The first-order valence-electron chi connectivity index (χ1n) is 9.07. The average molecular weight is 334 g/mol. The molecule has 1 heterocycles. The van der Waals surface area contributed by atoms with Gasteiger partial charge in [-0.2, -0.15) is 0 Å². The van der Waals surface area contributed by atoms with Crippen molar-refractivity contribution in [2.45, 2.75) is 50.7 Å². The number of aliphatic hydroxyl groups is 1. The van der Waals surface area contributed by atoms with Gasteiger partial charge in [0.05, 0.1) is 18.7 Å². The lowest BCUT2D eigenvalue weighted by molar-refractivity contribution is -0.124. The van der Waals surface area contributed by atoms with Crippen molar-refractivity contribution in [1.82, 2.24) is 10.2 Å². The molecule has 4 nitrogen and oxygen atoms in total. The lowest BCUT2D eigenvalue weighted by Crippen LogP contribution is -2.44. The summed E-state index contributed by atoms with van der Waals surface area (Å²) >= 11 is 0. The SMILES string of the molecule is O=C(CN1CCC(O)CC1)NC(c1ccc(F)cc1)C1CCCC1. The summed E-state index contributed by atoms with van der Waals surface area (Å²) in [6.07, 6.45) is 5.85. The molecule has 1 unspecified atom stereocenters. The van der Waals surface area contributed by atoms with Crippen molar-refractivity contribution >= 4 is 5.91 Å². The third kappa shape index (κ3) is 4.54. The summed E-state index contributed by atoms with van der Waals surface area (Å²) in [6.45, 7) is 1.90. The number of aliphatic hydroxyl groups excluding tert-OH is 1. The van der Waals surface area contributed by atoms with E-state index in [4.69, 9.17) is 0 Å². The zero-order valence-electron chi connectivity index (χ0n) is 14.1. The maximum atomic E-state index is 13.2. The fourth-order valence-corrected chi connectivity index (χ4v) is 3.93. The van der Waals surface area contributed by atoms with E-state index in [1.807, 2.05) is 0 Å². The molecule has 24 heavy (non-hydrogen) atoms. The van der Waals surface area contributed by atoms with Gasteiger partial charge in [-0.25, -0.2) is 4.39 Å². The van der Waals surface area contributed by atoms with Crippen molar-refractivity contribution in [2.24, 2.45) is 5.92 Å². The van der Waals surface area contributed by atoms with Crippen LogP contribution in [-0.2, 0) is 4.79 Å². The number of hydrogen-bond acceptors (Lipinski definition) is 3. The fourth-order valence-electron chi connectivity index (χ4n) is 3.93. The van der Waals surface area contributed by atoms with Gasteiger partial charge in [0.1, 0.15) is 5.82 Å². The van der Waals surface area contributed by atoms with Gasteiger partial charge in [-0.1, -0.05) is 25.0 Å². The van der Waals surface area contributed by atoms with Gasteiger partial charge in [0.15, 0.2) is 0 Å². The summed E-state index contributed by atoms with van der Waals surface area (Å²) < 4.78 is 13.2. The van der Waals surface area contributed by atoms with Crippen LogP contribution < -0.4 is 5.32 Å². The van der Waals surface area contributed by atoms with Gasteiger partial charge in [-0.05, 0) is 49.3 Å². The highest BCUT2D eigenvalue weighted by atomic mass is 19.1. The van der Waals surface area contributed by atoms with Gasteiger partial charge < -0.3 is 10.4 Å². The van der Waals surface area contributed by atoms with Crippen molar-refractivity contribution in [3.63, 3.8) is 0 Å². The fraction of sp³-hybridized carbons (Fsp3) is 0.632. The van der Waals surface area contributed by atoms with E-state index in [0.29, 0.717) is 12.5 Å². The van der Waals surface area contributed by atoms with Crippen molar-refractivity contribution in [2.75, 3.05) is 19.6 Å². The standard InChI is InChI=1S/C19H27FN2O2/c20-16-7-5-15(6-8-16)19(14-3-1-2-4-14)21-18(24)13-22-11-9-17(23)10-12-22/h5-8,14,17,19,23H,1-4,9-13H2,(H,21,24). The summed E-state index contributed by atoms with van der Waals surface area (Å²) in [6, 6.07) is 6.48. The Morgan fingerprint density at radius 1 is 1.17 bits per heavy atom. The number of benzene rings is 1. The number of carbonyl (C=O) groups excluding carboxylic acids is 1. The molecule has 1 aliphatic carbocycles. The maximum Gasteiger partial charge on any atom is 0.234 e. The largest absolute Gasteiger partial charge is 0.393 e. The van der Waals surface area contributed by atoms with Crippen LogP contribution in [0.1, 0.15) is 50.1 Å². The van der Waals surface area contributed by atoms with Crippen molar-refractivity contribution in [3.05, 3.63) is 35.6 Å². The van der Waals surface area contributed by atoms with Gasteiger partial charge in [-0.3, -0.25) is 9.69 Å². The molecule has 1 atom stereocenters. The second-order valence-corrected chi connectivity index (χ2v) is 7.15. The molecule has 2 fully saturated rings. The lowest BCUT2D eigenvalue weighted by Gasteiger charge is -2.30. The number of nitrogens with zero attached hydrogens (tertiary/aromatic N) is 1. The average Bonchev–Trinajstić information content (AvgIpc) is 3.10. The van der Waals surface area contributed by atoms with Crippen LogP contribution >= 0.6 is 0 Å². The molecule has 2 N–H and O–H groups in total. The van der Waals surface area contributed by atoms with Crippen LogP contribution in [0.15, 0.2) is 24.3 Å². The Balaban J connectivity index is 1.62. The van der Waals surface area contributed by atoms with Crippen molar-refractivity contribution in [1.29, 1.82) is 0 Å². The van der Waals surface area contributed by atoms with Crippen LogP contribution in [0.25, 0.3) is 0 Å². The van der Waals surface area contributed by atoms with Crippen LogP contribution in [0.3, 0.4) is 0 Å². The van der Waals surface area contributed by atoms with Gasteiger partial charge in [-0.15, -0.1) is 0 Å². The molecule has 1 aliphatic heterocycles. The van der Waals surface area contributed by atoms with Crippen LogP contribution in [-0.4, -0.2) is 41.7 Å². The number of piperidine rings is 1. The molecule has 1 saturated carbocycles. The first-order chi connectivity index (χ1) is 11.6. The van der Waals surface area contributed by atoms with E-state index in [0.717, 1.165) is 44.3 Å². The van der Waals surface area contributed by atoms with Crippen LogP contribution in [0.5, 0.6) is 0 Å². The molecule has 132 valence electrons. The van der Waals surface area contributed by atoms with Gasteiger partial charge in [0, 0.05) is 13.1 Å². The second kappa shape index (κ2) is 8.08. The zero-order chi connectivity index (χ0) is 16.9. The van der Waals surface area contributed by atoms with Crippen LogP contribution in [0, 0.1) is 11.7 Å². The first-order valence-corrected chi connectivity index (χ1v) is 9.07. The van der Waals surface area contributed by atoms with Crippen LogP contribution in [0.4, 0.5) is 4.39 Å². The summed E-state index contributed by atoms with van der Waals surface area (Å²) in [5.74, 6) is 0.206. The number of likely N-dealkylation sites (tertiary alicyclic amines) is 1. The lowest BCUT2D eigenvalue weighted by atomic mass is 9.91. The topological polar surface area (TPSA) is 52.6 Å². The Kier molecular flexibility index (Phi) is 5.85. The van der Waals surface area contributed by atoms with Crippen molar-refractivity contribution < 1.29 is 14.3 Å². The summed E-state index contributed by atoms with van der Waals surface area (Å²) in [4.78, 5) is 14.6. The van der Waals surface area contributed by atoms with Gasteiger partial charge >= 0.3 is 0 Å². The van der Waals surface area contributed by atoms with E-state index in [9.17, 15) is 14.3 Å². The highest BCUT2D eigenvalue weighted by Gasteiger charge is 2.28. The molecule has 1 aromatic rings. The molecule has 1 amide bonds. The number of amides is 1. The normalized spacial score (nSPS) is 21.8. The Morgan fingerprint density at radius 3 is 2.42 bits per heavy atom. The predicted molar refractivity (Wildman–Crippen MR) is 90.9 cm³/mol. The molecule has 0 aromatic heterocycles. The Bertz CT molecular complexity index is 535. The molecule has 1 aromatic carbocycles. The van der Waals surface area contributed by atoms with Crippen molar-refractivity contribution in [3.8, 4) is 0 Å². The number of nitrogens with one attached hydrogen (secondary N) is 1. The van der Waals surface area contributed by atoms with Gasteiger partial charge in [0.25, 0.3) is 0 Å². The third-order valence-corrected chi connectivity index (χ3v) is 5.34. The molecule has 1 saturated heterocycles. The molecule has 0 spiro atoms. The highest BCUT2D eigenvalue weighted by molar-refractivity contribution is 5.78. The molecule has 3 rings (SSSR count). The molecule has 5 heteroatoms. The minimum absolute atomic E-state index is 0.0209. The van der Waals surface area contributed by atoms with E-state index in [1.165, 1.54) is 25.0 Å². The minimum atomic E-state index is -0.248. The second-order valence-electron chi connectivity index (χ2n) is 7.15. The van der Waals surface area contributed by atoms with E-state index >= 15 is 0 Å². The smallest absolute Gasteiger partial charge is 0.234 e. The number of hydrogen-bond donors (Lipinski definition) is 2. The Labute approximate surface area is 143 Å². The molecular formula is C19H27FN2O2. The monoisotopic (exact) mass is 334 g/mol. The summed E-state index contributed by atoms with van der Waals surface area (Å²) in [5.41, 5.74) is 0.991. The molecule has 0 radical (unpaired) electrons. The Morgan fingerprint density at radius 2 is 1.79 bits per heavy atom. The van der Waals surface area contributed by atoms with E-state index in [2.05, 4.69) is 10.2 Å². The summed E-state index contributed by atoms with van der Waals surface area (Å²) in [5, 5.41) is 12.8. The maximum absolute atomic E-state index is 13.2. The predicted octanol–water partition coefficient (Wildman–Crippen LogP) is 2.63. The van der Waals surface area contributed by atoms with E-state index < -0.39 is 0 Å². The van der Waals surface area contributed by atoms with Gasteiger partial charge in [0.2, 0.25) is 5.91 Å². The quantitative estimate of drug-likeness (QED) is 0.870. The Hall–Kier alpha value is -1.46. The highest BCUT2D eigenvalue weighted by Crippen LogP contribution is 2.35. The number of rotatable bonds is 5. The van der Waals surface area contributed by atoms with Crippen LogP contribution in [0.2, 0.25) is 0 Å². The minimum Gasteiger partial charge on any atom is -0.393 e. The molecule has 2 aliphatic rings. The van der Waals surface area contributed by atoms with E-state index in [-0.39, 0.29) is 23.9 Å².